The Morgan fingerprint density at radius 3 is 1.61 bits per heavy atom. The van der Waals surface area contributed by atoms with Crippen molar-refractivity contribution < 1.29 is 14.3 Å². The largest absolute Gasteiger partial charge is 0.378 e. The third-order valence-corrected chi connectivity index (χ3v) is 5.06. The Bertz CT molecular complexity index is 813. The highest BCUT2D eigenvalue weighted by Crippen LogP contribution is 1.97. The number of guanidine groups is 1. The molecule has 8 heteroatoms. The smallest absolute Gasteiger partial charge is 0.239 e. The van der Waals surface area contributed by atoms with Crippen molar-refractivity contribution in [2.24, 2.45) is 5.73 Å². The molecule has 0 saturated heterocycles. The zero-order valence-electron chi connectivity index (χ0n) is 23.4. The van der Waals surface area contributed by atoms with E-state index in [0.29, 0.717) is 39.1 Å². The van der Waals surface area contributed by atoms with Crippen LogP contribution in [0.5, 0.6) is 0 Å². The van der Waals surface area contributed by atoms with E-state index in [9.17, 15) is 9.59 Å². The summed E-state index contributed by atoms with van der Waals surface area (Å²) in [5, 5.41) is 12.7. The fourth-order valence-corrected chi connectivity index (χ4v) is 2.93. The Hall–Kier alpha value is -3.39. The fraction of sp³-hybridized carbons (Fsp3) is 0.500. The van der Waals surface area contributed by atoms with E-state index in [1.165, 1.54) is 4.90 Å². The van der Waals surface area contributed by atoms with Gasteiger partial charge in [0.05, 0.1) is 19.8 Å². The van der Waals surface area contributed by atoms with Crippen LogP contribution in [0, 0.1) is 5.41 Å². The van der Waals surface area contributed by atoms with E-state index in [4.69, 9.17) is 15.9 Å². The van der Waals surface area contributed by atoms with Gasteiger partial charge >= 0.3 is 0 Å². The van der Waals surface area contributed by atoms with Crippen LogP contribution in [0.3, 0.4) is 0 Å². The number of ether oxygens (including phenoxy) is 1. The Morgan fingerprint density at radius 2 is 1.16 bits per heavy atom. The van der Waals surface area contributed by atoms with Crippen molar-refractivity contribution in [3.8, 4) is 0 Å². The lowest BCUT2D eigenvalue weighted by molar-refractivity contribution is -0.121. The van der Waals surface area contributed by atoms with Crippen molar-refractivity contribution in [3.05, 3.63) is 72.9 Å². The molecule has 0 radical (unpaired) electrons. The van der Waals surface area contributed by atoms with E-state index in [1.54, 1.807) is 7.05 Å². The number of nitrogens with zero attached hydrogens (tertiary/aromatic N) is 1. The first-order valence-electron chi connectivity index (χ1n) is 13.5. The minimum absolute atomic E-state index is 0.00583. The lowest BCUT2D eigenvalue weighted by Gasteiger charge is -2.15. The highest BCUT2D eigenvalue weighted by atomic mass is 16.5. The molecule has 2 amide bonds. The molecule has 38 heavy (non-hydrogen) atoms. The lowest BCUT2D eigenvalue weighted by Crippen LogP contribution is -2.42. The Morgan fingerprint density at radius 1 is 0.737 bits per heavy atom. The van der Waals surface area contributed by atoms with E-state index >= 15 is 0 Å². The van der Waals surface area contributed by atoms with Gasteiger partial charge in [-0.3, -0.25) is 15.0 Å². The summed E-state index contributed by atoms with van der Waals surface area (Å²) in [6.45, 7) is 3.71. The second kappa shape index (κ2) is 26.7. The maximum atomic E-state index is 11.8. The van der Waals surface area contributed by atoms with Crippen molar-refractivity contribution in [1.29, 1.82) is 5.41 Å². The van der Waals surface area contributed by atoms with Crippen LogP contribution >= 0.6 is 0 Å². The lowest BCUT2D eigenvalue weighted by atomic mass is 10.2. The van der Waals surface area contributed by atoms with Crippen molar-refractivity contribution >= 4 is 17.8 Å². The summed E-state index contributed by atoms with van der Waals surface area (Å²) in [6.07, 6.45) is 33.0. The first-order chi connectivity index (χ1) is 18.5. The van der Waals surface area contributed by atoms with Gasteiger partial charge in [0.25, 0.3) is 0 Å². The van der Waals surface area contributed by atoms with Crippen LogP contribution in [0.1, 0.15) is 58.3 Å². The maximum absolute atomic E-state index is 11.8. The van der Waals surface area contributed by atoms with Crippen molar-refractivity contribution in [2.45, 2.75) is 58.3 Å². The van der Waals surface area contributed by atoms with Gasteiger partial charge in [0, 0.05) is 26.6 Å². The molecule has 0 aromatic carbocycles. The van der Waals surface area contributed by atoms with Gasteiger partial charge in [-0.05, 0) is 44.9 Å². The standard InChI is InChI=1S/C30H49N5O3/c1-3-4-5-6-7-8-9-10-11-12-13-14-15-16-17-18-19-20-21-22-28(36)33-23-25-38-26-24-34-29(37)27-35(2)30(31)32/h4-5,7-8,10-11,13-14,16-17,19-20H,3,6,9,12,15,18,21-27H2,1-2H3,(H3,31,32)(H,33,36)(H,34,37)/b5-4-,8-7-,11-10-,14-13-,17-16-,20-19-. The maximum Gasteiger partial charge on any atom is 0.239 e. The average Bonchev–Trinajstić information content (AvgIpc) is 2.89. The molecule has 0 spiro atoms. The van der Waals surface area contributed by atoms with Crippen LogP contribution in [0.2, 0.25) is 0 Å². The van der Waals surface area contributed by atoms with Crippen LogP contribution in [0.4, 0.5) is 0 Å². The number of rotatable bonds is 22. The van der Waals surface area contributed by atoms with Gasteiger partial charge in [-0.25, -0.2) is 0 Å². The minimum atomic E-state index is -0.228. The summed E-state index contributed by atoms with van der Waals surface area (Å²) in [6, 6.07) is 0. The molecule has 0 aromatic heterocycles. The van der Waals surface area contributed by atoms with Gasteiger partial charge in [-0.15, -0.1) is 0 Å². The first kappa shape index (κ1) is 34.6. The molecule has 0 unspecified atom stereocenters. The molecule has 5 N–H and O–H groups in total. The first-order valence-corrected chi connectivity index (χ1v) is 13.5. The summed E-state index contributed by atoms with van der Waals surface area (Å²) in [5.74, 6) is -0.393. The highest BCUT2D eigenvalue weighted by molar-refractivity contribution is 5.83. The molecule has 0 saturated carbocycles. The van der Waals surface area contributed by atoms with Crippen LogP contribution in [-0.4, -0.2) is 62.6 Å². The summed E-state index contributed by atoms with van der Waals surface area (Å²) in [4.78, 5) is 24.8. The molecular weight excluding hydrogens is 478 g/mol. The van der Waals surface area contributed by atoms with E-state index in [-0.39, 0.29) is 24.3 Å². The monoisotopic (exact) mass is 527 g/mol. The van der Waals surface area contributed by atoms with Crippen LogP contribution in [-0.2, 0) is 14.3 Å². The Labute approximate surface area is 230 Å². The third kappa shape index (κ3) is 25.7. The van der Waals surface area contributed by atoms with Crippen molar-refractivity contribution in [3.63, 3.8) is 0 Å². The number of hydrogen-bond acceptors (Lipinski definition) is 4. The predicted molar refractivity (Wildman–Crippen MR) is 159 cm³/mol. The summed E-state index contributed by atoms with van der Waals surface area (Å²) < 4.78 is 5.39. The van der Waals surface area contributed by atoms with Gasteiger partial charge in [-0.2, -0.15) is 0 Å². The number of nitrogens with one attached hydrogen (secondary N) is 3. The van der Waals surface area contributed by atoms with Crippen LogP contribution in [0.15, 0.2) is 72.9 Å². The van der Waals surface area contributed by atoms with Crippen molar-refractivity contribution in [1.82, 2.24) is 15.5 Å². The average molecular weight is 528 g/mol. The summed E-state index contributed by atoms with van der Waals surface area (Å²) >= 11 is 0. The van der Waals surface area contributed by atoms with Gasteiger partial charge in [-0.1, -0.05) is 79.8 Å². The number of likely N-dealkylation sites (N-methyl/N-ethyl adjacent to an activating group) is 1. The molecule has 0 aliphatic carbocycles. The van der Waals surface area contributed by atoms with Gasteiger partial charge in [0.15, 0.2) is 5.96 Å². The van der Waals surface area contributed by atoms with Gasteiger partial charge in [0.1, 0.15) is 0 Å². The molecule has 0 rings (SSSR count). The molecule has 0 bridgehead atoms. The van der Waals surface area contributed by atoms with E-state index in [2.05, 4.69) is 84.4 Å². The van der Waals surface area contributed by atoms with Gasteiger partial charge < -0.3 is 26.0 Å². The number of amides is 2. The van der Waals surface area contributed by atoms with Gasteiger partial charge in [0.2, 0.25) is 11.8 Å². The Balaban J connectivity index is 3.58. The number of carbonyl (C=O) groups excluding carboxylic acids is 2. The molecular formula is C30H49N5O3. The molecule has 212 valence electrons. The zero-order valence-corrected chi connectivity index (χ0v) is 23.4. The molecule has 8 nitrogen and oxygen atoms in total. The zero-order chi connectivity index (χ0) is 28.1. The second-order valence-electron chi connectivity index (χ2n) is 8.51. The Kier molecular flexibility index (Phi) is 24.3. The number of nitrogens with two attached hydrogens (primary N) is 1. The fourth-order valence-electron chi connectivity index (χ4n) is 2.93. The number of hydrogen-bond donors (Lipinski definition) is 4. The SMILES string of the molecule is CC/C=C\C/C=C\C/C=C\C/C=C\C/C=C\C/C=C\CCC(=O)NCCOCCNC(=O)CN(C)C(=N)N. The minimum Gasteiger partial charge on any atom is -0.378 e. The topological polar surface area (TPSA) is 121 Å². The third-order valence-electron chi connectivity index (χ3n) is 5.06. The van der Waals surface area contributed by atoms with Crippen LogP contribution < -0.4 is 16.4 Å². The molecule has 0 atom stereocenters. The normalized spacial score (nSPS) is 12.2. The van der Waals surface area contributed by atoms with Crippen molar-refractivity contribution in [2.75, 3.05) is 39.9 Å². The highest BCUT2D eigenvalue weighted by Gasteiger charge is 2.06. The quantitative estimate of drug-likeness (QED) is 0.0713. The summed E-state index contributed by atoms with van der Waals surface area (Å²) in [7, 11) is 1.57. The van der Waals surface area contributed by atoms with E-state index in [1.807, 2.05) is 6.08 Å². The summed E-state index contributed by atoms with van der Waals surface area (Å²) in [5.41, 5.74) is 5.28. The predicted octanol–water partition coefficient (Wildman–Crippen LogP) is 4.54. The molecule has 0 aromatic rings. The molecule has 0 aliphatic heterocycles. The molecule has 0 aliphatic rings. The second-order valence-corrected chi connectivity index (χ2v) is 8.51. The van der Waals surface area contributed by atoms with E-state index < -0.39 is 0 Å². The van der Waals surface area contributed by atoms with E-state index in [0.717, 1.165) is 38.5 Å². The number of carbonyl (C=O) groups is 2. The molecule has 0 fully saturated rings. The number of allylic oxidation sites excluding steroid dienone is 12. The van der Waals surface area contributed by atoms with Crippen LogP contribution in [0.25, 0.3) is 0 Å². The molecule has 0 heterocycles.